The highest BCUT2D eigenvalue weighted by molar-refractivity contribution is 5.98. The molecule has 0 aliphatic heterocycles. The van der Waals surface area contributed by atoms with Gasteiger partial charge in [0, 0.05) is 12.4 Å². The number of methoxy groups -OCH3 is 1. The van der Waals surface area contributed by atoms with Crippen molar-refractivity contribution < 1.29 is 28.6 Å². The number of carbonyl (C=O) groups is 2. The highest BCUT2D eigenvalue weighted by Gasteiger charge is 2.12. The van der Waals surface area contributed by atoms with Crippen LogP contribution >= 0.6 is 0 Å². The van der Waals surface area contributed by atoms with Gasteiger partial charge in [-0.25, -0.2) is 10.2 Å². The van der Waals surface area contributed by atoms with Gasteiger partial charge in [0.1, 0.15) is 12.4 Å². The predicted octanol–water partition coefficient (Wildman–Crippen LogP) is 4.12. The molecule has 0 unspecified atom stereocenters. The van der Waals surface area contributed by atoms with Crippen LogP contribution in [0.3, 0.4) is 0 Å². The van der Waals surface area contributed by atoms with E-state index < -0.39 is 5.97 Å². The number of hydrazone groups is 1. The summed E-state index contributed by atoms with van der Waals surface area (Å²) in [4.78, 5) is 23.6. The Hall–Kier alpha value is -4.79. The maximum Gasteiger partial charge on any atom is 0.371 e. The van der Waals surface area contributed by atoms with Crippen LogP contribution in [0.2, 0.25) is 0 Å². The molecule has 4 aromatic rings. The lowest BCUT2D eigenvalue weighted by Gasteiger charge is -2.10. The molecule has 0 radical (unpaired) electrons. The average Bonchev–Trinajstić information content (AvgIpc) is 3.55. The van der Waals surface area contributed by atoms with Crippen LogP contribution in [-0.4, -0.2) is 34.9 Å². The Morgan fingerprint density at radius 2 is 1.85 bits per heavy atom. The van der Waals surface area contributed by atoms with E-state index >= 15 is 0 Å². The van der Waals surface area contributed by atoms with Crippen molar-refractivity contribution >= 4 is 18.1 Å². The molecular formula is C25H21N3O6. The van der Waals surface area contributed by atoms with Crippen molar-refractivity contribution in [2.75, 3.05) is 7.11 Å². The Labute approximate surface area is 194 Å². The number of furan rings is 1. The number of carbonyl (C=O) groups excluding carboxylic acids is 1. The fourth-order valence-corrected chi connectivity index (χ4v) is 3.21. The molecule has 9 nitrogen and oxygen atoms in total. The van der Waals surface area contributed by atoms with Crippen LogP contribution in [0.5, 0.6) is 11.5 Å². The first-order valence-corrected chi connectivity index (χ1v) is 10.2. The molecule has 0 atom stereocenters. The van der Waals surface area contributed by atoms with E-state index in [1.165, 1.54) is 25.5 Å². The van der Waals surface area contributed by atoms with Crippen LogP contribution < -0.4 is 14.9 Å². The van der Waals surface area contributed by atoms with Gasteiger partial charge < -0.3 is 23.6 Å². The predicted molar refractivity (Wildman–Crippen MR) is 124 cm³/mol. The van der Waals surface area contributed by atoms with Crippen LogP contribution in [0, 0.1) is 0 Å². The number of benzene rings is 2. The normalized spacial score (nSPS) is 10.9. The van der Waals surface area contributed by atoms with Crippen LogP contribution in [0.1, 0.15) is 32.2 Å². The van der Waals surface area contributed by atoms with Gasteiger partial charge in [-0.05, 0) is 60.2 Å². The van der Waals surface area contributed by atoms with Gasteiger partial charge in [0.25, 0.3) is 5.91 Å². The smallest absolute Gasteiger partial charge is 0.371 e. The Morgan fingerprint density at radius 1 is 1.06 bits per heavy atom. The lowest BCUT2D eigenvalue weighted by molar-refractivity contribution is 0.0657. The molecule has 4 rings (SSSR count). The average molecular weight is 459 g/mol. The summed E-state index contributed by atoms with van der Waals surface area (Å²) in [6.45, 7) is 0.0357. The number of hydrogen-bond donors (Lipinski definition) is 2. The van der Waals surface area contributed by atoms with Gasteiger partial charge in [0.05, 0.1) is 24.6 Å². The van der Waals surface area contributed by atoms with E-state index in [9.17, 15) is 9.59 Å². The number of nitrogens with one attached hydrogen (secondary N) is 1. The highest BCUT2D eigenvalue weighted by Crippen LogP contribution is 2.28. The lowest BCUT2D eigenvalue weighted by Crippen LogP contribution is -2.19. The largest absolute Gasteiger partial charge is 0.493 e. The molecule has 0 bridgehead atoms. The third-order valence-electron chi connectivity index (χ3n) is 4.84. The van der Waals surface area contributed by atoms with Crippen molar-refractivity contribution in [1.82, 2.24) is 9.99 Å². The minimum atomic E-state index is -1.15. The first-order valence-electron chi connectivity index (χ1n) is 10.2. The number of amides is 1. The second-order valence-corrected chi connectivity index (χ2v) is 7.08. The maximum absolute atomic E-state index is 12.7. The van der Waals surface area contributed by atoms with Crippen molar-refractivity contribution in [3.05, 3.63) is 102 Å². The number of hydrogen-bond acceptors (Lipinski definition) is 6. The number of nitrogens with zero attached hydrogens (tertiary/aromatic N) is 2. The Kier molecular flexibility index (Phi) is 6.73. The monoisotopic (exact) mass is 459 g/mol. The SMILES string of the molecule is COc1cc(/C=N\NC(=O)c2ccccc2-n2cccc2)ccc1OCc1ccc(C(=O)O)o1. The lowest BCUT2D eigenvalue weighted by atomic mass is 10.1. The molecule has 0 aliphatic carbocycles. The Morgan fingerprint density at radius 3 is 2.59 bits per heavy atom. The molecule has 2 aromatic carbocycles. The summed E-state index contributed by atoms with van der Waals surface area (Å²) in [6.07, 6.45) is 5.22. The van der Waals surface area contributed by atoms with Gasteiger partial charge in [-0.15, -0.1) is 0 Å². The highest BCUT2D eigenvalue weighted by atomic mass is 16.5. The van der Waals surface area contributed by atoms with E-state index in [-0.39, 0.29) is 18.3 Å². The van der Waals surface area contributed by atoms with E-state index in [1.807, 2.05) is 41.2 Å². The zero-order valence-electron chi connectivity index (χ0n) is 18.2. The molecule has 34 heavy (non-hydrogen) atoms. The second kappa shape index (κ2) is 10.2. The van der Waals surface area contributed by atoms with Gasteiger partial charge in [0.15, 0.2) is 11.5 Å². The molecule has 172 valence electrons. The van der Waals surface area contributed by atoms with Crippen LogP contribution in [-0.2, 0) is 6.61 Å². The van der Waals surface area contributed by atoms with E-state index in [4.69, 9.17) is 19.0 Å². The topological polar surface area (TPSA) is 115 Å². The summed E-state index contributed by atoms with van der Waals surface area (Å²) in [6, 6.07) is 19.0. The first kappa shape index (κ1) is 22.4. The van der Waals surface area contributed by atoms with Gasteiger partial charge in [-0.2, -0.15) is 5.10 Å². The van der Waals surface area contributed by atoms with E-state index in [0.717, 1.165) is 5.69 Å². The van der Waals surface area contributed by atoms with Crippen molar-refractivity contribution in [3.63, 3.8) is 0 Å². The molecule has 9 heteroatoms. The van der Waals surface area contributed by atoms with Crippen molar-refractivity contribution in [3.8, 4) is 17.2 Å². The molecule has 0 spiro atoms. The second-order valence-electron chi connectivity index (χ2n) is 7.08. The Bertz CT molecular complexity index is 1320. The van der Waals surface area contributed by atoms with Crippen molar-refractivity contribution in [2.24, 2.45) is 5.10 Å². The third-order valence-corrected chi connectivity index (χ3v) is 4.84. The molecule has 1 amide bonds. The van der Waals surface area contributed by atoms with Crippen molar-refractivity contribution in [2.45, 2.75) is 6.61 Å². The summed E-state index contributed by atoms with van der Waals surface area (Å²) in [7, 11) is 1.50. The molecule has 2 heterocycles. The third kappa shape index (κ3) is 5.16. The summed E-state index contributed by atoms with van der Waals surface area (Å²) >= 11 is 0. The number of para-hydroxylation sites is 1. The zero-order chi connectivity index (χ0) is 23.9. The molecule has 2 N–H and O–H groups in total. The fourth-order valence-electron chi connectivity index (χ4n) is 3.21. The number of rotatable bonds is 9. The molecule has 0 fully saturated rings. The van der Waals surface area contributed by atoms with Crippen LogP contribution in [0.25, 0.3) is 5.69 Å². The quantitative estimate of drug-likeness (QED) is 0.287. The van der Waals surface area contributed by atoms with E-state index in [0.29, 0.717) is 28.4 Å². The number of aromatic carboxylic acids is 1. The first-order chi connectivity index (χ1) is 16.5. The molecule has 2 aromatic heterocycles. The van der Waals surface area contributed by atoms with Gasteiger partial charge in [-0.3, -0.25) is 4.79 Å². The summed E-state index contributed by atoms with van der Waals surface area (Å²) in [5.74, 6) is -0.390. The molecular weight excluding hydrogens is 438 g/mol. The minimum absolute atomic E-state index is 0.0357. The number of carboxylic acid groups (broad SMARTS) is 1. The molecule has 0 saturated carbocycles. The summed E-state index contributed by atoms with van der Waals surface area (Å²) in [5.41, 5.74) is 4.45. The van der Waals surface area contributed by atoms with E-state index in [2.05, 4.69) is 10.5 Å². The van der Waals surface area contributed by atoms with Gasteiger partial charge >= 0.3 is 5.97 Å². The van der Waals surface area contributed by atoms with Crippen LogP contribution in [0.15, 0.2) is 88.6 Å². The number of carboxylic acids is 1. The standard InChI is InChI=1S/C25H21N3O6/c1-32-23-14-17(8-10-21(23)33-16-18-9-11-22(34-18)25(30)31)15-26-27-24(29)19-6-2-3-7-20(19)28-12-4-5-13-28/h2-15H,16H2,1H3,(H,27,29)(H,30,31)/b26-15-. The zero-order valence-corrected chi connectivity index (χ0v) is 18.2. The Balaban J connectivity index is 1.41. The summed E-state index contributed by atoms with van der Waals surface area (Å²) < 4.78 is 18.1. The van der Waals surface area contributed by atoms with Crippen LogP contribution in [0.4, 0.5) is 0 Å². The molecule has 0 aliphatic rings. The maximum atomic E-state index is 12.7. The molecule has 0 saturated heterocycles. The van der Waals surface area contributed by atoms with E-state index in [1.54, 1.807) is 30.3 Å². The summed E-state index contributed by atoms with van der Waals surface area (Å²) in [5, 5.41) is 13.0. The number of ether oxygens (including phenoxy) is 2. The van der Waals surface area contributed by atoms with Gasteiger partial charge in [0.2, 0.25) is 5.76 Å². The number of aromatic nitrogens is 1. The van der Waals surface area contributed by atoms with Crippen molar-refractivity contribution in [1.29, 1.82) is 0 Å². The minimum Gasteiger partial charge on any atom is -0.493 e. The van der Waals surface area contributed by atoms with Gasteiger partial charge in [-0.1, -0.05) is 12.1 Å². The fraction of sp³-hybridized carbons (Fsp3) is 0.0800.